The van der Waals surface area contributed by atoms with E-state index in [2.05, 4.69) is 10.1 Å². The molecule has 4 rings (SSSR count). The average Bonchev–Trinajstić information content (AvgIpc) is 3.33. The van der Waals surface area contributed by atoms with E-state index in [1.54, 1.807) is 22.3 Å². The topological polar surface area (TPSA) is 94.2 Å². The molecule has 3 aromatic rings. The summed E-state index contributed by atoms with van der Waals surface area (Å²) in [7, 11) is 0. The van der Waals surface area contributed by atoms with Crippen molar-refractivity contribution in [1.29, 1.82) is 0 Å². The maximum atomic E-state index is 13.0. The molecule has 1 atom stereocenters. The van der Waals surface area contributed by atoms with E-state index in [0.29, 0.717) is 12.1 Å². The number of nitro groups is 1. The van der Waals surface area contributed by atoms with E-state index in [1.165, 1.54) is 34.3 Å². The van der Waals surface area contributed by atoms with Crippen molar-refractivity contribution in [2.24, 2.45) is 0 Å². The molecule has 1 amide bonds. The van der Waals surface area contributed by atoms with Gasteiger partial charge in [-0.3, -0.25) is 14.9 Å². The van der Waals surface area contributed by atoms with Gasteiger partial charge in [-0.15, -0.1) is 11.3 Å². The lowest BCUT2D eigenvalue weighted by atomic mass is 10.00. The molecule has 0 N–H and O–H groups in total. The lowest BCUT2D eigenvalue weighted by Crippen LogP contribution is -2.38. The number of hydrogen-bond donors (Lipinski definition) is 0. The second-order valence-electron chi connectivity index (χ2n) is 6.02. The Hall–Kier alpha value is -3.07. The highest BCUT2D eigenvalue weighted by Crippen LogP contribution is 2.34. The van der Waals surface area contributed by atoms with Gasteiger partial charge >= 0.3 is 0 Å². The third-order valence-electron chi connectivity index (χ3n) is 4.62. The fraction of sp³-hybridized carbons (Fsp3) is 0.235. The minimum Gasteiger partial charge on any atom is -0.331 e. The van der Waals surface area contributed by atoms with Gasteiger partial charge in [0.05, 0.1) is 11.0 Å². The van der Waals surface area contributed by atoms with Crippen molar-refractivity contribution >= 4 is 22.9 Å². The van der Waals surface area contributed by atoms with Crippen molar-refractivity contribution in [3.05, 3.63) is 68.4 Å². The predicted octanol–water partition coefficient (Wildman–Crippen LogP) is 3.00. The molecule has 2 aromatic heterocycles. The number of nitro benzene ring substituents is 1. The van der Waals surface area contributed by atoms with Crippen LogP contribution in [0.5, 0.6) is 0 Å². The summed E-state index contributed by atoms with van der Waals surface area (Å²) < 4.78 is 1.31. The Morgan fingerprint density at radius 2 is 2.23 bits per heavy atom. The summed E-state index contributed by atoms with van der Waals surface area (Å²) >= 11 is 1.70. The van der Waals surface area contributed by atoms with Crippen LogP contribution in [0, 0.1) is 10.1 Å². The zero-order chi connectivity index (χ0) is 18.3. The number of amides is 1. The van der Waals surface area contributed by atoms with Crippen LogP contribution in [0.25, 0.3) is 5.69 Å². The van der Waals surface area contributed by atoms with Crippen molar-refractivity contribution in [1.82, 2.24) is 19.7 Å². The first-order valence-corrected chi connectivity index (χ1v) is 8.95. The van der Waals surface area contributed by atoms with Crippen LogP contribution in [0.4, 0.5) is 5.69 Å². The molecule has 0 saturated heterocycles. The average molecular weight is 369 g/mol. The van der Waals surface area contributed by atoms with Crippen LogP contribution in [0.1, 0.15) is 33.8 Å². The SMILES string of the molecule is C[C@H]1c2ccsc2CCN1C(=O)c1ccc(-n2cncn2)c([N+](=O)[O-])c1. The number of thiophene rings is 1. The highest BCUT2D eigenvalue weighted by Gasteiger charge is 2.30. The Morgan fingerprint density at radius 3 is 2.96 bits per heavy atom. The van der Waals surface area contributed by atoms with Crippen LogP contribution in [0.15, 0.2) is 42.3 Å². The largest absolute Gasteiger partial charge is 0.331 e. The van der Waals surface area contributed by atoms with Crippen molar-refractivity contribution in [3.8, 4) is 5.69 Å². The molecule has 0 saturated carbocycles. The van der Waals surface area contributed by atoms with E-state index in [0.717, 1.165) is 12.0 Å². The van der Waals surface area contributed by atoms with Crippen LogP contribution >= 0.6 is 11.3 Å². The molecule has 0 unspecified atom stereocenters. The molecular weight excluding hydrogens is 354 g/mol. The van der Waals surface area contributed by atoms with Gasteiger partial charge in [-0.1, -0.05) is 0 Å². The number of rotatable bonds is 3. The first kappa shape index (κ1) is 16.4. The Balaban J connectivity index is 1.69. The van der Waals surface area contributed by atoms with Gasteiger partial charge in [0, 0.05) is 23.1 Å². The van der Waals surface area contributed by atoms with Crippen LogP contribution in [0.2, 0.25) is 0 Å². The number of benzene rings is 1. The molecule has 0 fully saturated rings. The zero-order valence-corrected chi connectivity index (χ0v) is 14.7. The fourth-order valence-corrected chi connectivity index (χ4v) is 4.24. The lowest BCUT2D eigenvalue weighted by Gasteiger charge is -2.33. The molecule has 9 heteroatoms. The van der Waals surface area contributed by atoms with Gasteiger partial charge in [0.2, 0.25) is 0 Å². The van der Waals surface area contributed by atoms with Crippen molar-refractivity contribution in [3.63, 3.8) is 0 Å². The number of carbonyl (C=O) groups excluding carboxylic acids is 1. The molecule has 1 aliphatic rings. The van der Waals surface area contributed by atoms with Crippen molar-refractivity contribution < 1.29 is 9.72 Å². The number of nitrogens with zero attached hydrogens (tertiary/aromatic N) is 5. The quantitative estimate of drug-likeness (QED) is 0.522. The number of hydrogen-bond acceptors (Lipinski definition) is 6. The van der Waals surface area contributed by atoms with Gasteiger partial charge < -0.3 is 4.90 Å². The number of fused-ring (bicyclic) bond motifs is 1. The van der Waals surface area contributed by atoms with Crippen molar-refractivity contribution in [2.45, 2.75) is 19.4 Å². The molecule has 0 radical (unpaired) electrons. The van der Waals surface area contributed by atoms with E-state index in [1.807, 2.05) is 18.4 Å². The summed E-state index contributed by atoms with van der Waals surface area (Å²) in [5.41, 5.74) is 1.55. The first-order chi connectivity index (χ1) is 12.6. The molecular formula is C17H15N5O3S. The monoisotopic (exact) mass is 369 g/mol. The normalized spacial score (nSPS) is 16.3. The third kappa shape index (κ3) is 2.66. The zero-order valence-electron chi connectivity index (χ0n) is 13.9. The van der Waals surface area contributed by atoms with Gasteiger partial charge in [0.1, 0.15) is 18.3 Å². The Morgan fingerprint density at radius 1 is 1.38 bits per heavy atom. The van der Waals surface area contributed by atoms with Crippen LogP contribution < -0.4 is 0 Å². The molecule has 3 heterocycles. The summed E-state index contributed by atoms with van der Waals surface area (Å²) in [4.78, 5) is 30.8. The molecule has 0 bridgehead atoms. The number of aromatic nitrogens is 3. The molecule has 0 spiro atoms. The van der Waals surface area contributed by atoms with Gasteiger partial charge in [0.25, 0.3) is 11.6 Å². The van der Waals surface area contributed by atoms with E-state index < -0.39 is 4.92 Å². The first-order valence-electron chi connectivity index (χ1n) is 8.07. The highest BCUT2D eigenvalue weighted by atomic mass is 32.1. The maximum Gasteiger partial charge on any atom is 0.295 e. The molecule has 0 aliphatic carbocycles. The second kappa shape index (κ2) is 6.34. The van der Waals surface area contributed by atoms with Gasteiger partial charge in [-0.05, 0) is 42.5 Å². The van der Waals surface area contributed by atoms with Crippen LogP contribution in [-0.4, -0.2) is 37.0 Å². The van der Waals surface area contributed by atoms with Gasteiger partial charge in [-0.2, -0.15) is 5.10 Å². The highest BCUT2D eigenvalue weighted by molar-refractivity contribution is 7.10. The molecule has 8 nitrogen and oxygen atoms in total. The van der Waals surface area contributed by atoms with E-state index in [9.17, 15) is 14.9 Å². The predicted molar refractivity (Wildman–Crippen MR) is 95.5 cm³/mol. The Bertz CT molecular complexity index is 982. The summed E-state index contributed by atoms with van der Waals surface area (Å²) in [6, 6.07) is 6.44. The summed E-state index contributed by atoms with van der Waals surface area (Å²) in [6.07, 6.45) is 3.49. The second-order valence-corrected chi connectivity index (χ2v) is 7.02. The molecule has 1 aromatic carbocycles. The smallest absolute Gasteiger partial charge is 0.295 e. The Kier molecular flexibility index (Phi) is 4.00. The van der Waals surface area contributed by atoms with Crippen LogP contribution in [-0.2, 0) is 6.42 Å². The minimum absolute atomic E-state index is 0.0495. The van der Waals surface area contributed by atoms with E-state index >= 15 is 0 Å². The number of carbonyl (C=O) groups is 1. The van der Waals surface area contributed by atoms with Crippen LogP contribution in [0.3, 0.4) is 0 Å². The lowest BCUT2D eigenvalue weighted by molar-refractivity contribution is -0.384. The summed E-state index contributed by atoms with van der Waals surface area (Å²) in [5, 5.41) is 17.4. The van der Waals surface area contributed by atoms with E-state index in [4.69, 9.17) is 0 Å². The molecule has 132 valence electrons. The fourth-order valence-electron chi connectivity index (χ4n) is 3.28. The standard InChI is InChI=1S/C17H15N5O3S/c1-11-13-5-7-26-16(13)4-6-20(11)17(23)12-2-3-14(15(8-12)22(24)25)21-10-18-9-19-21/h2-3,5,7-11H,4,6H2,1H3/t11-/m0/s1. The van der Waals surface area contributed by atoms with Crippen molar-refractivity contribution in [2.75, 3.05) is 6.54 Å². The maximum absolute atomic E-state index is 13.0. The minimum atomic E-state index is -0.510. The summed E-state index contributed by atoms with van der Waals surface area (Å²) in [6.45, 7) is 2.59. The summed E-state index contributed by atoms with van der Waals surface area (Å²) in [5.74, 6) is -0.206. The molecule has 1 aliphatic heterocycles. The third-order valence-corrected chi connectivity index (χ3v) is 5.62. The van der Waals surface area contributed by atoms with Gasteiger partial charge in [-0.25, -0.2) is 9.67 Å². The molecule has 26 heavy (non-hydrogen) atoms. The van der Waals surface area contributed by atoms with E-state index in [-0.39, 0.29) is 23.3 Å². The van der Waals surface area contributed by atoms with Gasteiger partial charge in [0.15, 0.2) is 0 Å². The Labute approximate surface area is 152 Å².